The summed E-state index contributed by atoms with van der Waals surface area (Å²) in [7, 11) is 2.78. The highest BCUT2D eigenvalue weighted by Gasteiger charge is 2.18. The van der Waals surface area contributed by atoms with E-state index in [9.17, 15) is 9.59 Å². The zero-order valence-electron chi connectivity index (χ0n) is 11.3. The van der Waals surface area contributed by atoms with E-state index >= 15 is 0 Å². The van der Waals surface area contributed by atoms with Crippen molar-refractivity contribution in [3.63, 3.8) is 0 Å². The Morgan fingerprint density at radius 3 is 2.90 bits per heavy atom. The molecule has 0 aromatic carbocycles. The number of esters is 1. The number of nitrogens with zero attached hydrogens (tertiary/aromatic N) is 3. The second-order valence-electron chi connectivity index (χ2n) is 4.21. The number of furan rings is 1. The average Bonchev–Trinajstić information content (AvgIpc) is 3.09. The number of methoxy groups -OCH3 is 1. The van der Waals surface area contributed by atoms with Gasteiger partial charge in [0.1, 0.15) is 12.3 Å². The van der Waals surface area contributed by atoms with Crippen LogP contribution in [0.5, 0.6) is 0 Å². The third-order valence-electron chi connectivity index (χ3n) is 2.69. The van der Waals surface area contributed by atoms with Crippen molar-refractivity contribution in [2.75, 3.05) is 20.7 Å². The van der Waals surface area contributed by atoms with Crippen LogP contribution < -0.4 is 0 Å². The molecule has 0 aliphatic rings. The Hall–Kier alpha value is -2.57. The number of likely N-dealkylation sites (N-methyl/N-ethyl adjacent to an activating group) is 1. The van der Waals surface area contributed by atoms with Crippen molar-refractivity contribution in [1.29, 1.82) is 0 Å². The van der Waals surface area contributed by atoms with E-state index in [1.807, 2.05) is 0 Å². The summed E-state index contributed by atoms with van der Waals surface area (Å²) in [4.78, 5) is 24.4. The zero-order chi connectivity index (χ0) is 14.5. The summed E-state index contributed by atoms with van der Waals surface area (Å²) in [6.07, 6.45) is 3.46. The average molecular weight is 277 g/mol. The molecule has 0 fully saturated rings. The lowest BCUT2D eigenvalue weighted by Crippen LogP contribution is -2.32. The first-order valence-corrected chi connectivity index (χ1v) is 5.98. The third-order valence-corrected chi connectivity index (χ3v) is 2.69. The highest BCUT2D eigenvalue weighted by molar-refractivity contribution is 5.93. The molecule has 2 aromatic rings. The van der Waals surface area contributed by atoms with Crippen LogP contribution in [0.1, 0.15) is 16.3 Å². The van der Waals surface area contributed by atoms with Crippen LogP contribution in [-0.2, 0) is 16.1 Å². The fourth-order valence-electron chi connectivity index (χ4n) is 1.65. The molecule has 0 radical (unpaired) electrons. The molecule has 0 bridgehead atoms. The van der Waals surface area contributed by atoms with Crippen LogP contribution in [0, 0.1) is 0 Å². The van der Waals surface area contributed by atoms with Crippen LogP contribution in [0.4, 0.5) is 0 Å². The van der Waals surface area contributed by atoms with Crippen molar-refractivity contribution >= 4 is 11.9 Å². The molecule has 0 unspecified atom stereocenters. The molecular formula is C13H15N3O4. The number of ether oxygens (including phenoxy) is 1. The van der Waals surface area contributed by atoms with Crippen LogP contribution in [0.3, 0.4) is 0 Å². The second kappa shape index (κ2) is 6.05. The van der Waals surface area contributed by atoms with E-state index in [0.717, 1.165) is 0 Å². The molecule has 0 aliphatic heterocycles. The van der Waals surface area contributed by atoms with Crippen molar-refractivity contribution in [1.82, 2.24) is 14.7 Å². The molecule has 7 nitrogen and oxygen atoms in total. The Kier molecular flexibility index (Phi) is 4.19. The van der Waals surface area contributed by atoms with Crippen molar-refractivity contribution in [3.8, 4) is 0 Å². The van der Waals surface area contributed by atoms with Gasteiger partial charge in [0.05, 0.1) is 13.7 Å². The molecule has 20 heavy (non-hydrogen) atoms. The van der Waals surface area contributed by atoms with Gasteiger partial charge in [-0.05, 0) is 18.2 Å². The lowest BCUT2D eigenvalue weighted by Gasteiger charge is -2.13. The number of amides is 1. The standard InChI is InChI=1S/C13H15N3O4/c1-15(9-12(17)19-2)13(18)11-5-4-10(20-11)8-16-7-3-6-14-16/h3-7H,8-9H2,1-2H3. The maximum Gasteiger partial charge on any atom is 0.325 e. The third kappa shape index (κ3) is 3.25. The van der Waals surface area contributed by atoms with E-state index in [1.54, 1.807) is 35.3 Å². The molecule has 0 aliphatic carbocycles. The van der Waals surface area contributed by atoms with Crippen LogP contribution >= 0.6 is 0 Å². The molecule has 0 atom stereocenters. The fourth-order valence-corrected chi connectivity index (χ4v) is 1.65. The Balaban J connectivity index is 2.00. The largest absolute Gasteiger partial charge is 0.468 e. The SMILES string of the molecule is COC(=O)CN(C)C(=O)c1ccc(Cn2cccn2)o1. The Labute approximate surface area is 115 Å². The van der Waals surface area contributed by atoms with Gasteiger partial charge in [-0.2, -0.15) is 5.10 Å². The highest BCUT2D eigenvalue weighted by Crippen LogP contribution is 2.11. The van der Waals surface area contributed by atoms with Crippen LogP contribution in [0.15, 0.2) is 35.0 Å². The molecule has 0 N–H and O–H groups in total. The first-order valence-electron chi connectivity index (χ1n) is 5.98. The van der Waals surface area contributed by atoms with Gasteiger partial charge in [0.2, 0.25) is 0 Å². The summed E-state index contributed by atoms with van der Waals surface area (Å²) in [5.41, 5.74) is 0. The molecule has 2 aromatic heterocycles. The number of rotatable bonds is 5. The van der Waals surface area contributed by atoms with Gasteiger partial charge in [-0.15, -0.1) is 0 Å². The number of carbonyl (C=O) groups excluding carboxylic acids is 2. The summed E-state index contributed by atoms with van der Waals surface area (Å²) in [5, 5.41) is 4.05. The van der Waals surface area contributed by atoms with Gasteiger partial charge in [-0.25, -0.2) is 0 Å². The molecule has 106 valence electrons. The minimum absolute atomic E-state index is 0.121. The first-order chi connectivity index (χ1) is 9.60. The minimum atomic E-state index is -0.482. The predicted octanol–water partition coefficient (Wildman–Crippen LogP) is 0.769. The monoisotopic (exact) mass is 277 g/mol. The Bertz CT molecular complexity index is 589. The number of aromatic nitrogens is 2. The van der Waals surface area contributed by atoms with Crippen LogP contribution in [-0.4, -0.2) is 47.3 Å². The fraction of sp³-hybridized carbons (Fsp3) is 0.308. The summed E-state index contributed by atoms with van der Waals surface area (Å²) < 4.78 is 11.6. The van der Waals surface area contributed by atoms with Crippen molar-refractivity contribution < 1.29 is 18.7 Å². The van der Waals surface area contributed by atoms with Gasteiger partial charge in [0, 0.05) is 19.4 Å². The van der Waals surface area contributed by atoms with E-state index < -0.39 is 5.97 Å². The normalized spacial score (nSPS) is 10.3. The van der Waals surface area contributed by atoms with Gasteiger partial charge < -0.3 is 14.1 Å². The Morgan fingerprint density at radius 1 is 1.45 bits per heavy atom. The maximum atomic E-state index is 12.0. The number of hydrogen-bond donors (Lipinski definition) is 0. The second-order valence-corrected chi connectivity index (χ2v) is 4.21. The van der Waals surface area contributed by atoms with E-state index in [1.165, 1.54) is 19.1 Å². The topological polar surface area (TPSA) is 77.6 Å². The van der Waals surface area contributed by atoms with Crippen molar-refractivity contribution in [3.05, 3.63) is 42.1 Å². The predicted molar refractivity (Wildman–Crippen MR) is 69.0 cm³/mol. The molecule has 2 rings (SSSR count). The van der Waals surface area contributed by atoms with E-state index in [4.69, 9.17) is 4.42 Å². The Morgan fingerprint density at radius 2 is 2.25 bits per heavy atom. The van der Waals surface area contributed by atoms with Gasteiger partial charge in [0.15, 0.2) is 5.76 Å². The summed E-state index contributed by atoms with van der Waals surface area (Å²) in [6, 6.07) is 5.09. The molecular weight excluding hydrogens is 262 g/mol. The van der Waals surface area contributed by atoms with Crippen LogP contribution in [0.25, 0.3) is 0 Å². The number of carbonyl (C=O) groups is 2. The summed E-state index contributed by atoms with van der Waals surface area (Å²) in [6.45, 7) is 0.325. The van der Waals surface area contributed by atoms with Gasteiger partial charge >= 0.3 is 5.97 Å². The molecule has 0 spiro atoms. The maximum absolute atomic E-state index is 12.0. The van der Waals surface area contributed by atoms with Gasteiger partial charge in [-0.3, -0.25) is 14.3 Å². The van der Waals surface area contributed by atoms with E-state index in [-0.39, 0.29) is 18.2 Å². The molecule has 0 saturated heterocycles. The molecule has 2 heterocycles. The number of hydrogen-bond acceptors (Lipinski definition) is 5. The van der Waals surface area contributed by atoms with Crippen molar-refractivity contribution in [2.45, 2.75) is 6.54 Å². The zero-order valence-corrected chi connectivity index (χ0v) is 11.3. The first kappa shape index (κ1) is 13.9. The smallest absolute Gasteiger partial charge is 0.325 e. The lowest BCUT2D eigenvalue weighted by molar-refractivity contribution is -0.141. The van der Waals surface area contributed by atoms with Crippen LogP contribution in [0.2, 0.25) is 0 Å². The van der Waals surface area contributed by atoms with Crippen molar-refractivity contribution in [2.24, 2.45) is 0 Å². The van der Waals surface area contributed by atoms with Gasteiger partial charge in [0.25, 0.3) is 5.91 Å². The molecule has 7 heteroatoms. The molecule has 0 saturated carbocycles. The summed E-state index contributed by atoms with van der Waals surface area (Å²) >= 11 is 0. The summed E-state index contributed by atoms with van der Waals surface area (Å²) in [5.74, 6) is -0.0617. The minimum Gasteiger partial charge on any atom is -0.468 e. The lowest BCUT2D eigenvalue weighted by atomic mass is 10.4. The van der Waals surface area contributed by atoms with E-state index in [0.29, 0.717) is 12.3 Å². The quantitative estimate of drug-likeness (QED) is 0.754. The van der Waals surface area contributed by atoms with E-state index in [2.05, 4.69) is 9.84 Å². The highest BCUT2D eigenvalue weighted by atomic mass is 16.5. The molecule has 1 amide bonds. The van der Waals surface area contributed by atoms with Gasteiger partial charge in [-0.1, -0.05) is 0 Å².